The molecular weight excluding hydrogens is 234 g/mol. The van der Waals surface area contributed by atoms with Crippen LogP contribution in [-0.4, -0.2) is 19.2 Å². The van der Waals surface area contributed by atoms with Crippen LogP contribution in [0.15, 0.2) is 24.3 Å². The van der Waals surface area contributed by atoms with Crippen LogP contribution in [0, 0.1) is 5.92 Å². The van der Waals surface area contributed by atoms with Crippen LogP contribution in [0.5, 0.6) is 5.75 Å². The van der Waals surface area contributed by atoms with E-state index in [1.165, 1.54) is 12.0 Å². The molecular formula is C17H29NO. The number of rotatable bonds is 8. The molecule has 0 bridgehead atoms. The summed E-state index contributed by atoms with van der Waals surface area (Å²) >= 11 is 0. The van der Waals surface area contributed by atoms with Crippen LogP contribution >= 0.6 is 0 Å². The summed E-state index contributed by atoms with van der Waals surface area (Å²) in [5, 5.41) is 3.68. The second-order valence-corrected chi connectivity index (χ2v) is 5.51. The van der Waals surface area contributed by atoms with E-state index in [2.05, 4.69) is 57.3 Å². The van der Waals surface area contributed by atoms with Crippen molar-refractivity contribution in [3.8, 4) is 5.75 Å². The van der Waals surface area contributed by atoms with Crippen molar-refractivity contribution in [1.82, 2.24) is 5.32 Å². The second-order valence-electron chi connectivity index (χ2n) is 5.51. The van der Waals surface area contributed by atoms with E-state index in [1.54, 1.807) is 0 Å². The van der Waals surface area contributed by atoms with Gasteiger partial charge in [-0.05, 0) is 49.4 Å². The predicted molar refractivity (Wildman–Crippen MR) is 82.9 cm³/mol. The van der Waals surface area contributed by atoms with Crippen LogP contribution in [0.25, 0.3) is 0 Å². The van der Waals surface area contributed by atoms with Crippen molar-refractivity contribution < 1.29 is 4.74 Å². The summed E-state index contributed by atoms with van der Waals surface area (Å²) in [7, 11) is 0. The highest BCUT2D eigenvalue weighted by molar-refractivity contribution is 5.30. The molecule has 1 aromatic carbocycles. The first-order valence-electron chi connectivity index (χ1n) is 7.56. The van der Waals surface area contributed by atoms with Crippen molar-refractivity contribution in [2.75, 3.05) is 13.2 Å². The van der Waals surface area contributed by atoms with Crippen molar-refractivity contribution in [3.05, 3.63) is 29.8 Å². The number of nitrogens with one attached hydrogen (secondary N) is 1. The van der Waals surface area contributed by atoms with E-state index in [1.807, 2.05) is 6.92 Å². The quantitative estimate of drug-likeness (QED) is 0.758. The molecule has 0 aliphatic heterocycles. The maximum absolute atomic E-state index is 5.50. The number of hydrogen-bond donors (Lipinski definition) is 1. The third-order valence-corrected chi connectivity index (χ3v) is 3.60. The van der Waals surface area contributed by atoms with Crippen LogP contribution in [-0.2, 0) is 0 Å². The van der Waals surface area contributed by atoms with Gasteiger partial charge in [0.15, 0.2) is 0 Å². The van der Waals surface area contributed by atoms with Gasteiger partial charge >= 0.3 is 0 Å². The summed E-state index contributed by atoms with van der Waals surface area (Å²) < 4.78 is 5.50. The Labute approximate surface area is 118 Å². The third kappa shape index (κ3) is 4.87. The fourth-order valence-corrected chi connectivity index (χ4v) is 2.54. The molecule has 108 valence electrons. The molecule has 2 atom stereocenters. The van der Waals surface area contributed by atoms with Gasteiger partial charge in [0.2, 0.25) is 0 Å². The lowest BCUT2D eigenvalue weighted by Gasteiger charge is -2.29. The Morgan fingerprint density at radius 1 is 1.05 bits per heavy atom. The van der Waals surface area contributed by atoms with Crippen molar-refractivity contribution >= 4 is 0 Å². The van der Waals surface area contributed by atoms with Crippen LogP contribution < -0.4 is 10.1 Å². The monoisotopic (exact) mass is 263 g/mol. The Balaban J connectivity index is 2.74. The van der Waals surface area contributed by atoms with Gasteiger partial charge in [-0.25, -0.2) is 0 Å². The summed E-state index contributed by atoms with van der Waals surface area (Å²) in [6.45, 7) is 12.9. The highest BCUT2D eigenvalue weighted by Gasteiger charge is 2.21. The molecule has 2 heteroatoms. The molecule has 1 aromatic rings. The lowest BCUT2D eigenvalue weighted by Crippen LogP contribution is -2.38. The molecule has 0 aliphatic carbocycles. The molecule has 0 aromatic heterocycles. The topological polar surface area (TPSA) is 21.3 Å². The Morgan fingerprint density at radius 2 is 1.68 bits per heavy atom. The van der Waals surface area contributed by atoms with E-state index in [0.717, 1.165) is 18.9 Å². The molecule has 0 saturated carbocycles. The van der Waals surface area contributed by atoms with E-state index in [4.69, 9.17) is 4.74 Å². The minimum Gasteiger partial charge on any atom is -0.494 e. The molecule has 0 heterocycles. The summed E-state index contributed by atoms with van der Waals surface area (Å²) in [5.74, 6) is 2.11. The standard InChI is InChI=1S/C17H29NO/c1-6-12-18-17(13(3)4)14(5)15-8-10-16(11-9-15)19-7-2/h8-11,13-14,17-18H,6-7,12H2,1-5H3. The normalized spacial score (nSPS) is 14.4. The Kier molecular flexibility index (Phi) is 6.93. The van der Waals surface area contributed by atoms with Crippen molar-refractivity contribution in [2.45, 2.75) is 53.0 Å². The lowest BCUT2D eigenvalue weighted by atomic mass is 9.86. The number of benzene rings is 1. The van der Waals surface area contributed by atoms with Crippen LogP contribution in [0.3, 0.4) is 0 Å². The molecule has 0 spiro atoms. The molecule has 2 unspecified atom stereocenters. The average molecular weight is 263 g/mol. The summed E-state index contributed by atoms with van der Waals surface area (Å²) in [5.41, 5.74) is 1.38. The fourth-order valence-electron chi connectivity index (χ4n) is 2.54. The molecule has 0 fully saturated rings. The summed E-state index contributed by atoms with van der Waals surface area (Å²) in [6, 6.07) is 9.06. The van der Waals surface area contributed by atoms with Crippen molar-refractivity contribution in [2.24, 2.45) is 5.92 Å². The van der Waals surface area contributed by atoms with Gasteiger partial charge in [-0.3, -0.25) is 0 Å². The SMILES string of the molecule is CCCNC(C(C)C)C(C)c1ccc(OCC)cc1. The van der Waals surface area contributed by atoms with Crippen molar-refractivity contribution in [3.63, 3.8) is 0 Å². The summed E-state index contributed by atoms with van der Waals surface area (Å²) in [4.78, 5) is 0. The van der Waals surface area contributed by atoms with Gasteiger partial charge in [0, 0.05) is 6.04 Å². The van der Waals surface area contributed by atoms with Gasteiger partial charge in [0.1, 0.15) is 5.75 Å². The van der Waals surface area contributed by atoms with E-state index < -0.39 is 0 Å². The first-order chi connectivity index (χ1) is 9.10. The molecule has 19 heavy (non-hydrogen) atoms. The molecule has 1 N–H and O–H groups in total. The molecule has 0 aliphatic rings. The Hall–Kier alpha value is -1.02. The second kappa shape index (κ2) is 8.21. The number of hydrogen-bond acceptors (Lipinski definition) is 2. The van der Waals surface area contributed by atoms with Crippen LogP contribution in [0.2, 0.25) is 0 Å². The number of ether oxygens (including phenoxy) is 1. The smallest absolute Gasteiger partial charge is 0.119 e. The van der Waals surface area contributed by atoms with Crippen LogP contribution in [0.1, 0.15) is 52.5 Å². The van der Waals surface area contributed by atoms with Gasteiger partial charge in [-0.1, -0.05) is 39.8 Å². The summed E-state index contributed by atoms with van der Waals surface area (Å²) in [6.07, 6.45) is 1.18. The van der Waals surface area contributed by atoms with Crippen LogP contribution in [0.4, 0.5) is 0 Å². The zero-order valence-corrected chi connectivity index (χ0v) is 13.1. The first kappa shape index (κ1) is 16.0. The van der Waals surface area contributed by atoms with Gasteiger partial charge in [-0.15, -0.1) is 0 Å². The largest absolute Gasteiger partial charge is 0.494 e. The maximum atomic E-state index is 5.50. The highest BCUT2D eigenvalue weighted by atomic mass is 16.5. The van der Waals surface area contributed by atoms with E-state index in [0.29, 0.717) is 17.9 Å². The van der Waals surface area contributed by atoms with E-state index >= 15 is 0 Å². The zero-order valence-electron chi connectivity index (χ0n) is 13.1. The predicted octanol–water partition coefficient (Wildman–Crippen LogP) is 4.21. The zero-order chi connectivity index (χ0) is 14.3. The lowest BCUT2D eigenvalue weighted by molar-refractivity contribution is 0.338. The highest BCUT2D eigenvalue weighted by Crippen LogP contribution is 2.25. The van der Waals surface area contributed by atoms with Gasteiger partial charge in [-0.2, -0.15) is 0 Å². The third-order valence-electron chi connectivity index (χ3n) is 3.60. The minimum absolute atomic E-state index is 0.516. The maximum Gasteiger partial charge on any atom is 0.119 e. The van der Waals surface area contributed by atoms with Gasteiger partial charge in [0.25, 0.3) is 0 Å². The molecule has 2 nitrogen and oxygen atoms in total. The molecule has 0 saturated heterocycles. The first-order valence-corrected chi connectivity index (χ1v) is 7.56. The van der Waals surface area contributed by atoms with Crippen molar-refractivity contribution in [1.29, 1.82) is 0 Å². The van der Waals surface area contributed by atoms with Gasteiger partial charge in [0.05, 0.1) is 6.61 Å². The van der Waals surface area contributed by atoms with E-state index in [9.17, 15) is 0 Å². The fraction of sp³-hybridized carbons (Fsp3) is 0.647. The molecule has 1 rings (SSSR count). The van der Waals surface area contributed by atoms with Gasteiger partial charge < -0.3 is 10.1 Å². The average Bonchev–Trinajstić information content (AvgIpc) is 2.40. The Bertz CT molecular complexity index is 345. The Morgan fingerprint density at radius 3 is 2.16 bits per heavy atom. The molecule has 0 amide bonds. The minimum atomic E-state index is 0.516. The molecule has 0 radical (unpaired) electrons. The van der Waals surface area contributed by atoms with E-state index in [-0.39, 0.29) is 0 Å².